The summed E-state index contributed by atoms with van der Waals surface area (Å²) in [4.78, 5) is 16.4. The molecule has 1 fully saturated rings. The highest BCUT2D eigenvalue weighted by molar-refractivity contribution is 5.78. The van der Waals surface area contributed by atoms with E-state index in [1.165, 1.54) is 0 Å². The van der Waals surface area contributed by atoms with Gasteiger partial charge in [0.25, 0.3) is 0 Å². The molecule has 22 heavy (non-hydrogen) atoms. The minimum absolute atomic E-state index is 0.171. The SMILES string of the molecule is COc1ccc(CNC(=O)C2CCC(C(C)(C)C)CC2)cn1. The van der Waals surface area contributed by atoms with E-state index >= 15 is 0 Å². The van der Waals surface area contributed by atoms with Crippen molar-refractivity contribution >= 4 is 5.91 Å². The zero-order valence-electron chi connectivity index (χ0n) is 14.2. The Morgan fingerprint density at radius 3 is 2.45 bits per heavy atom. The first-order chi connectivity index (χ1) is 10.4. The topological polar surface area (TPSA) is 51.2 Å². The van der Waals surface area contributed by atoms with Gasteiger partial charge in [0.15, 0.2) is 0 Å². The molecule has 1 aromatic heterocycles. The van der Waals surface area contributed by atoms with Gasteiger partial charge in [0, 0.05) is 24.7 Å². The molecule has 2 rings (SSSR count). The van der Waals surface area contributed by atoms with Gasteiger partial charge in [0.05, 0.1) is 7.11 Å². The fourth-order valence-electron chi connectivity index (χ4n) is 3.19. The smallest absolute Gasteiger partial charge is 0.223 e. The first-order valence-electron chi connectivity index (χ1n) is 8.17. The summed E-state index contributed by atoms with van der Waals surface area (Å²) in [7, 11) is 1.59. The number of rotatable bonds is 4. The summed E-state index contributed by atoms with van der Waals surface area (Å²) in [6.45, 7) is 7.44. The fraction of sp³-hybridized carbons (Fsp3) is 0.667. The molecule has 0 unspecified atom stereocenters. The molecular weight excluding hydrogens is 276 g/mol. The lowest BCUT2D eigenvalue weighted by atomic mass is 9.69. The molecule has 122 valence electrons. The molecule has 0 aromatic carbocycles. The molecule has 1 amide bonds. The highest BCUT2D eigenvalue weighted by Gasteiger charge is 2.32. The van der Waals surface area contributed by atoms with Crippen LogP contribution in [-0.4, -0.2) is 18.0 Å². The number of carbonyl (C=O) groups is 1. The zero-order valence-corrected chi connectivity index (χ0v) is 14.2. The maximum absolute atomic E-state index is 12.3. The van der Waals surface area contributed by atoms with Gasteiger partial charge in [0.1, 0.15) is 0 Å². The molecule has 1 aliphatic carbocycles. The molecule has 1 aliphatic rings. The minimum Gasteiger partial charge on any atom is -0.481 e. The van der Waals surface area contributed by atoms with Crippen LogP contribution in [0.5, 0.6) is 5.88 Å². The van der Waals surface area contributed by atoms with Crippen LogP contribution in [0, 0.1) is 17.3 Å². The Balaban J connectivity index is 1.78. The molecule has 0 spiro atoms. The van der Waals surface area contributed by atoms with E-state index in [9.17, 15) is 4.79 Å². The highest BCUT2D eigenvalue weighted by atomic mass is 16.5. The molecule has 0 atom stereocenters. The van der Waals surface area contributed by atoms with E-state index in [4.69, 9.17) is 4.74 Å². The van der Waals surface area contributed by atoms with E-state index in [2.05, 4.69) is 31.1 Å². The van der Waals surface area contributed by atoms with Gasteiger partial charge in [-0.1, -0.05) is 26.8 Å². The average Bonchev–Trinajstić information content (AvgIpc) is 2.52. The second-order valence-electron chi connectivity index (χ2n) is 7.34. The van der Waals surface area contributed by atoms with Crippen LogP contribution >= 0.6 is 0 Å². The fourth-order valence-corrected chi connectivity index (χ4v) is 3.19. The lowest BCUT2D eigenvalue weighted by Crippen LogP contribution is -2.35. The second kappa shape index (κ2) is 7.12. The Hall–Kier alpha value is -1.58. The van der Waals surface area contributed by atoms with Gasteiger partial charge in [-0.05, 0) is 42.6 Å². The number of hydrogen-bond acceptors (Lipinski definition) is 3. The van der Waals surface area contributed by atoms with Crippen LogP contribution in [0.3, 0.4) is 0 Å². The number of amides is 1. The highest BCUT2D eigenvalue weighted by Crippen LogP contribution is 2.39. The van der Waals surface area contributed by atoms with E-state index in [0.717, 1.165) is 37.2 Å². The van der Waals surface area contributed by atoms with E-state index in [1.807, 2.05) is 12.1 Å². The van der Waals surface area contributed by atoms with E-state index in [1.54, 1.807) is 13.3 Å². The summed E-state index contributed by atoms with van der Waals surface area (Å²) < 4.78 is 5.03. The predicted molar refractivity (Wildman–Crippen MR) is 87.5 cm³/mol. The van der Waals surface area contributed by atoms with Gasteiger partial charge < -0.3 is 10.1 Å². The first kappa shape index (κ1) is 16.8. The van der Waals surface area contributed by atoms with Crippen molar-refractivity contribution in [1.82, 2.24) is 10.3 Å². The lowest BCUT2D eigenvalue weighted by molar-refractivity contribution is -0.126. The first-order valence-corrected chi connectivity index (χ1v) is 8.17. The van der Waals surface area contributed by atoms with Gasteiger partial charge in [-0.3, -0.25) is 4.79 Å². The molecule has 0 saturated heterocycles. The number of carbonyl (C=O) groups excluding carboxylic acids is 1. The third kappa shape index (κ3) is 4.46. The Morgan fingerprint density at radius 2 is 1.95 bits per heavy atom. The normalized spacial score (nSPS) is 22.2. The maximum Gasteiger partial charge on any atom is 0.223 e. The van der Waals surface area contributed by atoms with Crippen LogP contribution in [0.15, 0.2) is 18.3 Å². The van der Waals surface area contributed by atoms with Crippen LogP contribution in [0.25, 0.3) is 0 Å². The minimum atomic E-state index is 0.171. The standard InChI is InChI=1S/C18H28N2O2/c1-18(2,3)15-8-6-14(7-9-15)17(21)20-12-13-5-10-16(22-4)19-11-13/h5,10-11,14-15H,6-9,12H2,1-4H3,(H,20,21). The summed E-state index contributed by atoms with van der Waals surface area (Å²) in [6, 6.07) is 3.75. The van der Waals surface area contributed by atoms with Gasteiger partial charge >= 0.3 is 0 Å². The second-order valence-corrected chi connectivity index (χ2v) is 7.34. The van der Waals surface area contributed by atoms with Crippen molar-refractivity contribution in [2.24, 2.45) is 17.3 Å². The Kier molecular flexibility index (Phi) is 5.43. The van der Waals surface area contributed by atoms with Crippen molar-refractivity contribution in [2.75, 3.05) is 7.11 Å². The Labute approximate surface area is 133 Å². The van der Waals surface area contributed by atoms with Gasteiger partial charge in [-0.25, -0.2) is 4.98 Å². The number of hydrogen-bond donors (Lipinski definition) is 1. The summed E-state index contributed by atoms with van der Waals surface area (Å²) in [5.41, 5.74) is 1.36. The van der Waals surface area contributed by atoms with Crippen molar-refractivity contribution in [1.29, 1.82) is 0 Å². The number of pyridine rings is 1. The summed E-state index contributed by atoms with van der Waals surface area (Å²) >= 11 is 0. The summed E-state index contributed by atoms with van der Waals surface area (Å²) in [5, 5.41) is 3.04. The van der Waals surface area contributed by atoms with E-state index < -0.39 is 0 Å². The molecular formula is C18H28N2O2. The van der Waals surface area contributed by atoms with Gasteiger partial charge in [-0.15, -0.1) is 0 Å². The summed E-state index contributed by atoms with van der Waals surface area (Å²) in [6.07, 6.45) is 6.08. The number of methoxy groups -OCH3 is 1. The average molecular weight is 304 g/mol. The molecule has 0 bridgehead atoms. The Morgan fingerprint density at radius 1 is 1.27 bits per heavy atom. The lowest BCUT2D eigenvalue weighted by Gasteiger charge is -2.36. The number of ether oxygens (including phenoxy) is 1. The third-order valence-corrected chi connectivity index (χ3v) is 4.80. The molecule has 1 aromatic rings. The van der Waals surface area contributed by atoms with Gasteiger partial charge in [-0.2, -0.15) is 0 Å². The molecule has 1 N–H and O–H groups in total. The van der Waals surface area contributed by atoms with E-state index in [0.29, 0.717) is 17.8 Å². The molecule has 0 radical (unpaired) electrons. The number of nitrogens with one attached hydrogen (secondary N) is 1. The maximum atomic E-state index is 12.3. The van der Waals surface area contributed by atoms with Crippen molar-refractivity contribution in [3.8, 4) is 5.88 Å². The Bertz CT molecular complexity index is 483. The van der Waals surface area contributed by atoms with Crippen LogP contribution in [0.1, 0.15) is 52.0 Å². The quantitative estimate of drug-likeness (QED) is 0.925. The zero-order chi connectivity index (χ0) is 16.2. The molecule has 0 aliphatic heterocycles. The number of aromatic nitrogens is 1. The predicted octanol–water partition coefficient (Wildman–Crippen LogP) is 3.56. The number of nitrogens with zero attached hydrogens (tertiary/aromatic N) is 1. The summed E-state index contributed by atoms with van der Waals surface area (Å²) in [5.74, 6) is 1.69. The molecule has 4 heteroatoms. The molecule has 1 heterocycles. The van der Waals surface area contributed by atoms with Crippen LogP contribution in [0.4, 0.5) is 0 Å². The van der Waals surface area contributed by atoms with Crippen LogP contribution in [0.2, 0.25) is 0 Å². The van der Waals surface area contributed by atoms with Crippen molar-refractivity contribution in [2.45, 2.75) is 53.0 Å². The van der Waals surface area contributed by atoms with Crippen LogP contribution < -0.4 is 10.1 Å². The monoisotopic (exact) mass is 304 g/mol. The largest absolute Gasteiger partial charge is 0.481 e. The van der Waals surface area contributed by atoms with Crippen molar-refractivity contribution < 1.29 is 9.53 Å². The van der Waals surface area contributed by atoms with Crippen molar-refractivity contribution in [3.63, 3.8) is 0 Å². The van der Waals surface area contributed by atoms with Crippen LogP contribution in [-0.2, 0) is 11.3 Å². The molecule has 1 saturated carbocycles. The van der Waals surface area contributed by atoms with Gasteiger partial charge in [0.2, 0.25) is 11.8 Å². The van der Waals surface area contributed by atoms with E-state index in [-0.39, 0.29) is 11.8 Å². The third-order valence-electron chi connectivity index (χ3n) is 4.80. The van der Waals surface area contributed by atoms with Crippen molar-refractivity contribution in [3.05, 3.63) is 23.9 Å². The molecule has 4 nitrogen and oxygen atoms in total.